The number of hydrogen-bond donors (Lipinski definition) is 1. The summed E-state index contributed by atoms with van der Waals surface area (Å²) in [5.74, 6) is 0.808. The number of nitrogens with zero attached hydrogens (tertiary/aromatic N) is 1. The number of amides is 1. The molecule has 0 saturated carbocycles. The summed E-state index contributed by atoms with van der Waals surface area (Å²) < 4.78 is 6.49. The van der Waals surface area contributed by atoms with Crippen LogP contribution in [-0.4, -0.2) is 18.2 Å². The van der Waals surface area contributed by atoms with E-state index < -0.39 is 6.10 Å². The van der Waals surface area contributed by atoms with E-state index in [1.807, 2.05) is 30.5 Å². The van der Waals surface area contributed by atoms with E-state index in [4.69, 9.17) is 4.74 Å². The van der Waals surface area contributed by atoms with E-state index >= 15 is 0 Å². The van der Waals surface area contributed by atoms with Crippen LogP contribution in [0.5, 0.6) is 5.75 Å². The number of hydrazone groups is 1. The highest BCUT2D eigenvalue weighted by molar-refractivity contribution is 9.10. The van der Waals surface area contributed by atoms with Crippen LogP contribution in [0.4, 0.5) is 0 Å². The highest BCUT2D eigenvalue weighted by Gasteiger charge is 2.14. The second kappa shape index (κ2) is 7.98. The van der Waals surface area contributed by atoms with Crippen molar-refractivity contribution < 1.29 is 9.53 Å². The molecule has 2 atom stereocenters. The molecule has 1 N–H and O–H groups in total. The summed E-state index contributed by atoms with van der Waals surface area (Å²) in [6, 6.07) is 7.40. The quantitative estimate of drug-likeness (QED) is 0.500. The Bertz CT molecular complexity index is 543. The summed E-state index contributed by atoms with van der Waals surface area (Å²) in [5.41, 5.74) is 2.53. The molecule has 1 aliphatic rings. The van der Waals surface area contributed by atoms with Crippen molar-refractivity contribution in [1.82, 2.24) is 5.43 Å². The van der Waals surface area contributed by atoms with Crippen molar-refractivity contribution >= 4 is 28.1 Å². The second-order valence-corrected chi connectivity index (χ2v) is 5.93. The van der Waals surface area contributed by atoms with Crippen molar-refractivity contribution in [1.29, 1.82) is 0 Å². The number of allylic oxidation sites excluding steroid dienone is 2. The van der Waals surface area contributed by atoms with Crippen molar-refractivity contribution in [2.75, 3.05) is 0 Å². The van der Waals surface area contributed by atoms with Crippen LogP contribution >= 0.6 is 15.9 Å². The van der Waals surface area contributed by atoms with Crippen molar-refractivity contribution in [3.8, 4) is 5.75 Å². The largest absolute Gasteiger partial charge is 0.481 e. The smallest absolute Gasteiger partial charge is 0.280 e. The zero-order chi connectivity index (χ0) is 15.1. The summed E-state index contributed by atoms with van der Waals surface area (Å²) in [6.45, 7) is 1.70. The number of nitrogens with one attached hydrogen (secondary N) is 1. The molecule has 1 aromatic carbocycles. The van der Waals surface area contributed by atoms with Gasteiger partial charge >= 0.3 is 0 Å². The molecule has 0 bridgehead atoms. The van der Waals surface area contributed by atoms with Crippen molar-refractivity contribution in [3.63, 3.8) is 0 Å². The first-order valence-corrected chi connectivity index (χ1v) is 7.84. The fourth-order valence-electron chi connectivity index (χ4n) is 2.05. The average molecular weight is 351 g/mol. The van der Waals surface area contributed by atoms with Crippen LogP contribution in [0.3, 0.4) is 0 Å². The monoisotopic (exact) mass is 350 g/mol. The molecule has 4 nitrogen and oxygen atoms in total. The molecule has 1 aromatic rings. The lowest BCUT2D eigenvalue weighted by atomic mass is 9.96. The van der Waals surface area contributed by atoms with E-state index in [9.17, 15) is 4.79 Å². The molecule has 112 valence electrons. The van der Waals surface area contributed by atoms with Gasteiger partial charge in [0.1, 0.15) is 5.75 Å². The van der Waals surface area contributed by atoms with Gasteiger partial charge in [0, 0.05) is 10.7 Å². The van der Waals surface area contributed by atoms with Gasteiger partial charge in [-0.3, -0.25) is 4.79 Å². The summed E-state index contributed by atoms with van der Waals surface area (Å²) in [7, 11) is 0. The zero-order valence-corrected chi connectivity index (χ0v) is 13.5. The topological polar surface area (TPSA) is 50.7 Å². The molecule has 0 radical (unpaired) electrons. The molecule has 0 heterocycles. The SMILES string of the molecule is CC(Oc1cccc(Br)c1)C(=O)N/N=C/C1CC=CCC1. The third-order valence-corrected chi connectivity index (χ3v) is 3.74. The lowest BCUT2D eigenvalue weighted by Gasteiger charge is -2.14. The van der Waals surface area contributed by atoms with Crippen LogP contribution in [0.1, 0.15) is 26.2 Å². The van der Waals surface area contributed by atoms with Gasteiger partial charge in [0.25, 0.3) is 5.91 Å². The number of ether oxygens (including phenoxy) is 1. The second-order valence-electron chi connectivity index (χ2n) is 5.02. The molecular formula is C16H19BrN2O2. The number of rotatable bonds is 5. The Balaban J connectivity index is 1.79. The first-order valence-electron chi connectivity index (χ1n) is 7.05. The van der Waals surface area contributed by atoms with E-state index in [0.29, 0.717) is 11.7 Å². The van der Waals surface area contributed by atoms with E-state index in [1.165, 1.54) is 0 Å². The standard InChI is InChI=1S/C16H19BrN2O2/c1-12(21-15-9-5-8-14(17)10-15)16(20)19-18-11-13-6-3-2-4-7-13/h2-3,5,8-13H,4,6-7H2,1H3,(H,19,20)/b18-11+. The fourth-order valence-corrected chi connectivity index (χ4v) is 2.43. The molecule has 0 aliphatic heterocycles. The third kappa shape index (κ3) is 5.34. The van der Waals surface area contributed by atoms with Crippen molar-refractivity contribution in [2.45, 2.75) is 32.3 Å². The van der Waals surface area contributed by atoms with Crippen LogP contribution in [-0.2, 0) is 4.79 Å². The van der Waals surface area contributed by atoms with E-state index in [2.05, 4.69) is 38.6 Å². The Labute approximate surface area is 133 Å². The summed E-state index contributed by atoms with van der Waals surface area (Å²) in [5, 5.41) is 4.03. The summed E-state index contributed by atoms with van der Waals surface area (Å²) in [4.78, 5) is 11.9. The fraction of sp³-hybridized carbons (Fsp3) is 0.375. The maximum atomic E-state index is 11.9. The van der Waals surface area contributed by atoms with Gasteiger partial charge in [0.2, 0.25) is 0 Å². The molecule has 2 unspecified atom stereocenters. The highest BCUT2D eigenvalue weighted by atomic mass is 79.9. The summed E-state index contributed by atoms with van der Waals surface area (Å²) >= 11 is 3.37. The number of carbonyl (C=O) groups is 1. The summed E-state index contributed by atoms with van der Waals surface area (Å²) in [6.07, 6.45) is 8.70. The van der Waals surface area contributed by atoms with Gasteiger partial charge in [0.15, 0.2) is 6.10 Å². The lowest BCUT2D eigenvalue weighted by molar-refractivity contribution is -0.127. The number of hydrogen-bond acceptors (Lipinski definition) is 3. The molecule has 0 fully saturated rings. The Morgan fingerprint density at radius 3 is 3.10 bits per heavy atom. The van der Waals surface area contributed by atoms with Crippen LogP contribution in [0.2, 0.25) is 0 Å². The number of halogens is 1. The maximum Gasteiger partial charge on any atom is 0.280 e. The Hall–Kier alpha value is -1.62. The minimum absolute atomic E-state index is 0.252. The zero-order valence-electron chi connectivity index (χ0n) is 12.0. The van der Waals surface area contributed by atoms with Crippen LogP contribution < -0.4 is 10.2 Å². The van der Waals surface area contributed by atoms with Gasteiger partial charge in [0.05, 0.1) is 0 Å². The molecule has 0 saturated heterocycles. The predicted octanol–water partition coefficient (Wildman–Crippen LogP) is 3.67. The maximum absolute atomic E-state index is 11.9. The lowest BCUT2D eigenvalue weighted by Crippen LogP contribution is -2.33. The molecule has 5 heteroatoms. The molecule has 0 aromatic heterocycles. The normalized spacial score (nSPS) is 19.4. The minimum atomic E-state index is -0.595. The molecule has 21 heavy (non-hydrogen) atoms. The van der Waals surface area contributed by atoms with Crippen LogP contribution in [0.15, 0.2) is 46.0 Å². The molecule has 2 rings (SSSR count). The van der Waals surface area contributed by atoms with Gasteiger partial charge in [-0.05, 0) is 50.3 Å². The number of carbonyl (C=O) groups excluding carboxylic acids is 1. The van der Waals surface area contributed by atoms with Crippen molar-refractivity contribution in [2.24, 2.45) is 11.0 Å². The minimum Gasteiger partial charge on any atom is -0.481 e. The van der Waals surface area contributed by atoms with Gasteiger partial charge in [-0.1, -0.05) is 34.1 Å². The predicted molar refractivity (Wildman–Crippen MR) is 87.3 cm³/mol. The first-order chi connectivity index (χ1) is 10.1. The van der Waals surface area contributed by atoms with Gasteiger partial charge in [-0.2, -0.15) is 5.10 Å². The molecular weight excluding hydrogens is 332 g/mol. The molecule has 1 amide bonds. The average Bonchev–Trinajstić information content (AvgIpc) is 2.48. The highest BCUT2D eigenvalue weighted by Crippen LogP contribution is 2.19. The van der Waals surface area contributed by atoms with Gasteiger partial charge in [-0.15, -0.1) is 0 Å². The Morgan fingerprint density at radius 2 is 2.38 bits per heavy atom. The van der Waals surface area contributed by atoms with E-state index in [1.54, 1.807) is 6.92 Å². The van der Waals surface area contributed by atoms with Crippen LogP contribution in [0.25, 0.3) is 0 Å². The van der Waals surface area contributed by atoms with Gasteiger partial charge < -0.3 is 4.74 Å². The first kappa shape index (κ1) is 15.8. The van der Waals surface area contributed by atoms with Crippen LogP contribution in [0, 0.1) is 5.92 Å². The van der Waals surface area contributed by atoms with E-state index in [0.717, 1.165) is 23.7 Å². The van der Waals surface area contributed by atoms with Gasteiger partial charge in [-0.25, -0.2) is 5.43 Å². The van der Waals surface area contributed by atoms with Crippen molar-refractivity contribution in [3.05, 3.63) is 40.9 Å². The molecule has 0 spiro atoms. The molecule has 1 aliphatic carbocycles. The Kier molecular flexibility index (Phi) is 5.99. The third-order valence-electron chi connectivity index (χ3n) is 3.25. The number of benzene rings is 1. The Morgan fingerprint density at radius 1 is 1.52 bits per heavy atom. The van der Waals surface area contributed by atoms with E-state index in [-0.39, 0.29) is 5.91 Å².